The summed E-state index contributed by atoms with van der Waals surface area (Å²) in [6, 6.07) is 99.2. The number of hydrogen-bond acceptors (Lipinski definition) is 9. The molecule has 0 atom stereocenters. The molecule has 9 heteroatoms. The topological polar surface area (TPSA) is 103 Å². The number of nitrogens with zero attached hydrogens (tertiary/aromatic N) is 7. The number of thiophene rings is 1. The van der Waals surface area contributed by atoms with Crippen molar-refractivity contribution in [2.24, 2.45) is 0 Å². The van der Waals surface area contributed by atoms with Crippen molar-refractivity contribution in [3.05, 3.63) is 285 Å². The van der Waals surface area contributed by atoms with Crippen LogP contribution in [0.2, 0.25) is 0 Å². The first kappa shape index (κ1) is 50.8. The van der Waals surface area contributed by atoms with E-state index in [0.29, 0.717) is 40.7 Å². The monoisotopic (exact) mass is 1140 g/mol. The molecule has 0 saturated heterocycles. The van der Waals surface area contributed by atoms with Gasteiger partial charge in [-0.05, 0) is 104 Å². The predicted molar refractivity (Wildman–Crippen MR) is 361 cm³/mol. The molecule has 12 aromatic carbocycles. The highest BCUT2D eigenvalue weighted by Crippen LogP contribution is 2.43. The van der Waals surface area contributed by atoms with Gasteiger partial charge in [0, 0.05) is 69.9 Å². The van der Waals surface area contributed by atoms with Crippen molar-refractivity contribution in [1.29, 1.82) is 0 Å². The second kappa shape index (κ2) is 21.1. The zero-order valence-corrected chi connectivity index (χ0v) is 47.9. The molecule has 17 rings (SSSR count). The summed E-state index contributed by atoms with van der Waals surface area (Å²) in [5.41, 5.74) is 16.2. The molecule has 17 aromatic rings. The van der Waals surface area contributed by atoms with Crippen LogP contribution in [0.1, 0.15) is 0 Å². The Morgan fingerprint density at radius 1 is 0.239 bits per heavy atom. The highest BCUT2D eigenvalue weighted by atomic mass is 32.1. The van der Waals surface area contributed by atoms with Crippen LogP contribution >= 0.6 is 11.3 Å². The second-order valence-corrected chi connectivity index (χ2v) is 23.1. The average molecular weight is 1140 g/mol. The Balaban J connectivity index is 0.684. The number of rotatable bonds is 10. The van der Waals surface area contributed by atoms with Gasteiger partial charge in [0.05, 0.1) is 10.9 Å². The van der Waals surface area contributed by atoms with Crippen LogP contribution in [0.15, 0.2) is 290 Å². The van der Waals surface area contributed by atoms with Gasteiger partial charge < -0.3 is 4.42 Å². The maximum atomic E-state index is 6.36. The Morgan fingerprint density at radius 2 is 0.659 bits per heavy atom. The van der Waals surface area contributed by atoms with E-state index in [1.165, 1.54) is 30.9 Å². The first-order valence-corrected chi connectivity index (χ1v) is 30.1. The van der Waals surface area contributed by atoms with Crippen molar-refractivity contribution in [2.45, 2.75) is 0 Å². The molecule has 0 aliphatic carbocycles. The number of benzene rings is 12. The van der Waals surface area contributed by atoms with Crippen LogP contribution in [0.3, 0.4) is 0 Å². The summed E-state index contributed by atoms with van der Waals surface area (Å²) in [6.45, 7) is 0. The molecule has 0 radical (unpaired) electrons. The van der Waals surface area contributed by atoms with Crippen LogP contribution in [0.5, 0.6) is 0 Å². The Morgan fingerprint density at radius 3 is 1.26 bits per heavy atom. The molecule has 0 unspecified atom stereocenters. The zero-order valence-electron chi connectivity index (χ0n) is 47.1. The van der Waals surface area contributed by atoms with E-state index in [1.54, 1.807) is 0 Å². The van der Waals surface area contributed by atoms with E-state index in [1.807, 2.05) is 96.3 Å². The van der Waals surface area contributed by atoms with Crippen molar-refractivity contribution >= 4 is 75.3 Å². The minimum Gasteiger partial charge on any atom is -0.438 e. The standard InChI is InChI=1S/C79H47N7OS/c1-3-16-50(17-4-1)73-81-75(83-76(82-73)53-38-34-49(35-39-53)57-40-41-58-46-66-63-26-9-12-31-69(63)88-70(66)47-62(58)45-57)52-36-32-48(33-37-52)54-20-14-24-60(43-54)77-84-74(51-18-5-2-6-19-51)85-78(86-77)61-25-15-22-56(44-61)55-21-13-23-59(42-55)71-64-27-7-10-29-67(64)80-79-72(71)65-28-8-11-30-68(65)87-79/h1-47H. The average Bonchev–Trinajstić information content (AvgIpc) is 1.84. The van der Waals surface area contributed by atoms with Gasteiger partial charge in [0.15, 0.2) is 34.9 Å². The number of para-hydroxylation sites is 2. The molecule has 0 aliphatic rings. The van der Waals surface area contributed by atoms with Gasteiger partial charge in [0.1, 0.15) is 5.58 Å². The van der Waals surface area contributed by atoms with Crippen LogP contribution in [0.4, 0.5) is 0 Å². The molecular formula is C79H47N7OS. The van der Waals surface area contributed by atoms with Gasteiger partial charge >= 0.3 is 0 Å². The lowest BCUT2D eigenvalue weighted by Gasteiger charge is -2.12. The van der Waals surface area contributed by atoms with E-state index in [0.717, 1.165) is 105 Å². The van der Waals surface area contributed by atoms with E-state index >= 15 is 0 Å². The lowest BCUT2D eigenvalue weighted by Crippen LogP contribution is -2.00. The number of aromatic nitrogens is 7. The van der Waals surface area contributed by atoms with E-state index < -0.39 is 0 Å². The molecule has 0 bridgehead atoms. The van der Waals surface area contributed by atoms with Crippen molar-refractivity contribution in [3.63, 3.8) is 0 Å². The van der Waals surface area contributed by atoms with Gasteiger partial charge in [-0.25, -0.2) is 34.9 Å². The van der Waals surface area contributed by atoms with Gasteiger partial charge in [-0.2, -0.15) is 0 Å². The lowest BCUT2D eigenvalue weighted by molar-refractivity contribution is 0.656. The third-order valence-corrected chi connectivity index (χ3v) is 17.7. The van der Waals surface area contributed by atoms with Crippen LogP contribution in [0, 0.1) is 0 Å². The van der Waals surface area contributed by atoms with E-state index in [9.17, 15) is 0 Å². The Bertz CT molecular complexity index is 5570. The maximum absolute atomic E-state index is 6.36. The fourth-order valence-electron chi connectivity index (χ4n) is 12.2. The smallest absolute Gasteiger partial charge is 0.228 e. The normalized spacial score (nSPS) is 11.6. The molecule has 5 aromatic heterocycles. The number of pyridine rings is 1. The molecule has 0 fully saturated rings. The van der Waals surface area contributed by atoms with Crippen molar-refractivity contribution in [1.82, 2.24) is 34.9 Å². The first-order valence-electron chi connectivity index (χ1n) is 29.2. The highest BCUT2D eigenvalue weighted by Gasteiger charge is 2.20. The molecular weight excluding hydrogens is 1090 g/mol. The predicted octanol–water partition coefficient (Wildman–Crippen LogP) is 20.7. The van der Waals surface area contributed by atoms with Crippen molar-refractivity contribution < 1.29 is 4.42 Å². The van der Waals surface area contributed by atoms with Gasteiger partial charge in [-0.1, -0.05) is 231 Å². The summed E-state index contributed by atoms with van der Waals surface area (Å²) >= 11 is 1.85. The molecule has 0 saturated carbocycles. The van der Waals surface area contributed by atoms with Crippen LogP contribution < -0.4 is 0 Å². The Hall–Kier alpha value is -11.7. The SMILES string of the molecule is c1ccc(-c2nc(-c3ccc(-c4cccc(-c5nc(-c6ccccc6)nc(-c6cccc(-c7cccc(-c8c9ccccc9nc9oc%10ccccc%10c89)c7)c6)n5)c4)cc3)nc(-c3ccc(-c4ccc5cc6c(cc5c4)sc4ccccc46)cc3)n2)cc1. The molecule has 0 N–H and O–H groups in total. The van der Waals surface area contributed by atoms with E-state index in [-0.39, 0.29) is 0 Å². The highest BCUT2D eigenvalue weighted by molar-refractivity contribution is 7.25. The maximum Gasteiger partial charge on any atom is 0.228 e. The summed E-state index contributed by atoms with van der Waals surface area (Å²) < 4.78 is 8.97. The van der Waals surface area contributed by atoms with Crippen molar-refractivity contribution in [2.75, 3.05) is 0 Å². The van der Waals surface area contributed by atoms with Crippen LogP contribution in [0.25, 0.3) is 177 Å². The largest absolute Gasteiger partial charge is 0.438 e. The molecule has 88 heavy (non-hydrogen) atoms. The minimum absolute atomic E-state index is 0.570. The molecule has 0 amide bonds. The van der Waals surface area contributed by atoms with Gasteiger partial charge in [0.2, 0.25) is 5.71 Å². The summed E-state index contributed by atoms with van der Waals surface area (Å²) in [7, 11) is 0. The third-order valence-electron chi connectivity index (χ3n) is 16.6. The van der Waals surface area contributed by atoms with Gasteiger partial charge in [-0.3, -0.25) is 0 Å². The second-order valence-electron chi connectivity index (χ2n) is 22.0. The summed E-state index contributed by atoms with van der Waals surface area (Å²) in [5.74, 6) is 3.53. The fourth-order valence-corrected chi connectivity index (χ4v) is 13.3. The van der Waals surface area contributed by atoms with Gasteiger partial charge in [-0.15, -0.1) is 11.3 Å². The number of fused-ring (bicyclic) bond motifs is 8. The molecule has 410 valence electrons. The fraction of sp³-hybridized carbons (Fsp3) is 0. The molecule has 0 aliphatic heterocycles. The third kappa shape index (κ3) is 9.21. The quantitative estimate of drug-likeness (QED) is 0.133. The summed E-state index contributed by atoms with van der Waals surface area (Å²) in [4.78, 5) is 35.7. The molecule has 0 spiro atoms. The van der Waals surface area contributed by atoms with Gasteiger partial charge in [0.25, 0.3) is 0 Å². The molecule has 5 heterocycles. The number of hydrogen-bond donors (Lipinski definition) is 0. The Kier molecular flexibility index (Phi) is 12.2. The van der Waals surface area contributed by atoms with Crippen molar-refractivity contribution in [3.8, 4) is 113 Å². The summed E-state index contributed by atoms with van der Waals surface area (Å²) in [5, 5.41) is 8.19. The molecule has 8 nitrogen and oxygen atoms in total. The number of furan rings is 1. The minimum atomic E-state index is 0.570. The van der Waals surface area contributed by atoms with Crippen LogP contribution in [-0.2, 0) is 0 Å². The van der Waals surface area contributed by atoms with E-state index in [4.69, 9.17) is 39.3 Å². The van der Waals surface area contributed by atoms with Crippen LogP contribution in [-0.4, -0.2) is 34.9 Å². The summed E-state index contributed by atoms with van der Waals surface area (Å²) in [6.07, 6.45) is 0. The Labute approximate surface area is 509 Å². The van der Waals surface area contributed by atoms with E-state index in [2.05, 4.69) is 200 Å². The zero-order chi connectivity index (χ0) is 58.1. The lowest BCUT2D eigenvalue weighted by atomic mass is 9.93. The first-order chi connectivity index (χ1) is 43.5.